The molecule has 1 amide bonds. The van der Waals surface area contributed by atoms with Crippen molar-refractivity contribution >= 4 is 33.2 Å². The molecule has 88 valence electrons. The van der Waals surface area contributed by atoms with Crippen molar-refractivity contribution < 1.29 is 4.79 Å². The summed E-state index contributed by atoms with van der Waals surface area (Å²) in [5.41, 5.74) is 6.90. The van der Waals surface area contributed by atoms with Gasteiger partial charge in [0.25, 0.3) is 5.91 Å². The molecule has 0 bridgehead atoms. The summed E-state index contributed by atoms with van der Waals surface area (Å²) in [6.45, 7) is 0. The molecule has 2 aromatic rings. The fourth-order valence-electron chi connectivity index (χ4n) is 1.39. The summed E-state index contributed by atoms with van der Waals surface area (Å²) >= 11 is 3.25. The summed E-state index contributed by atoms with van der Waals surface area (Å²) in [5.74, 6) is -0.323. The highest BCUT2D eigenvalue weighted by Gasteiger charge is 2.15. The highest BCUT2D eigenvalue weighted by Crippen LogP contribution is 2.20. The molecule has 7 heteroatoms. The monoisotopic (exact) mass is 295 g/mol. The minimum atomic E-state index is -0.323. The van der Waals surface area contributed by atoms with E-state index >= 15 is 0 Å². The van der Waals surface area contributed by atoms with E-state index in [0.717, 1.165) is 0 Å². The Balaban J connectivity index is 2.27. The second-order valence-electron chi connectivity index (χ2n) is 3.37. The van der Waals surface area contributed by atoms with Gasteiger partial charge in [0.2, 0.25) is 0 Å². The normalized spacial score (nSPS) is 10.2. The number of carbonyl (C=O) groups excluding carboxylic acids is 1. The van der Waals surface area contributed by atoms with Gasteiger partial charge < -0.3 is 11.1 Å². The van der Waals surface area contributed by atoms with Crippen LogP contribution in [0.3, 0.4) is 0 Å². The number of nitrogens with zero attached hydrogens (tertiary/aromatic N) is 3. The first kappa shape index (κ1) is 11.6. The Bertz CT molecular complexity index is 546. The molecule has 0 aliphatic rings. The molecule has 3 N–H and O–H groups in total. The van der Waals surface area contributed by atoms with E-state index < -0.39 is 0 Å². The number of rotatable bonds is 2. The molecule has 2 rings (SSSR count). The number of amides is 1. The molecule has 0 atom stereocenters. The van der Waals surface area contributed by atoms with Crippen molar-refractivity contribution in [1.29, 1.82) is 0 Å². The number of anilines is 2. The Morgan fingerprint density at radius 3 is 2.94 bits per heavy atom. The van der Waals surface area contributed by atoms with Crippen molar-refractivity contribution in [3.8, 4) is 0 Å². The third-order valence-electron chi connectivity index (χ3n) is 2.19. The number of hydrogen-bond acceptors (Lipinski definition) is 4. The van der Waals surface area contributed by atoms with Crippen molar-refractivity contribution in [1.82, 2.24) is 14.8 Å². The molecule has 0 radical (unpaired) electrons. The van der Waals surface area contributed by atoms with E-state index in [0.29, 0.717) is 21.7 Å². The van der Waals surface area contributed by atoms with Gasteiger partial charge >= 0.3 is 0 Å². The molecule has 0 unspecified atom stereocenters. The molecular weight excluding hydrogens is 286 g/mol. The minimum Gasteiger partial charge on any atom is -0.396 e. The van der Waals surface area contributed by atoms with E-state index in [1.54, 1.807) is 25.4 Å². The number of nitrogens with one attached hydrogen (secondary N) is 1. The zero-order valence-electron chi connectivity index (χ0n) is 9.01. The third kappa shape index (κ3) is 2.28. The smallest absolute Gasteiger partial charge is 0.276 e. The van der Waals surface area contributed by atoms with Crippen LogP contribution >= 0.6 is 15.9 Å². The minimum absolute atomic E-state index is 0.320. The second-order valence-corrected chi connectivity index (χ2v) is 4.12. The predicted octanol–water partition coefficient (Wildman–Crippen LogP) is 1.41. The van der Waals surface area contributed by atoms with Crippen molar-refractivity contribution in [3.63, 3.8) is 0 Å². The van der Waals surface area contributed by atoms with Crippen molar-refractivity contribution in [3.05, 3.63) is 34.8 Å². The van der Waals surface area contributed by atoms with Crippen molar-refractivity contribution in [2.24, 2.45) is 7.05 Å². The van der Waals surface area contributed by atoms with Gasteiger partial charge in [-0.1, -0.05) is 0 Å². The summed E-state index contributed by atoms with van der Waals surface area (Å²) in [6, 6.07) is 3.47. The van der Waals surface area contributed by atoms with E-state index in [-0.39, 0.29) is 5.91 Å². The van der Waals surface area contributed by atoms with E-state index in [2.05, 4.69) is 31.3 Å². The Morgan fingerprint density at radius 2 is 2.35 bits per heavy atom. The molecule has 0 saturated carbocycles. The van der Waals surface area contributed by atoms with Gasteiger partial charge in [0.05, 0.1) is 17.6 Å². The first-order valence-corrected chi connectivity index (χ1v) is 5.58. The highest BCUT2D eigenvalue weighted by atomic mass is 79.9. The first-order valence-electron chi connectivity index (χ1n) is 4.79. The van der Waals surface area contributed by atoms with Crippen molar-refractivity contribution in [2.75, 3.05) is 11.1 Å². The fourth-order valence-corrected chi connectivity index (χ4v) is 1.74. The van der Waals surface area contributed by atoms with Crippen LogP contribution in [0.1, 0.15) is 10.5 Å². The largest absolute Gasteiger partial charge is 0.396 e. The molecule has 0 aromatic carbocycles. The standard InChI is InChI=1S/C10H10BrN5O/c1-16-8(6(12)5-14-16)10(17)15-7-3-2-4-13-9(7)11/h2-5H,12H2,1H3,(H,15,17). The Hall–Kier alpha value is -1.89. The fraction of sp³-hybridized carbons (Fsp3) is 0.100. The summed E-state index contributed by atoms with van der Waals surface area (Å²) < 4.78 is 1.99. The molecule has 6 nitrogen and oxygen atoms in total. The number of aryl methyl sites for hydroxylation is 1. The number of nitrogen functional groups attached to an aromatic ring is 1. The zero-order valence-corrected chi connectivity index (χ0v) is 10.6. The van der Waals surface area contributed by atoms with Crippen LogP contribution in [-0.2, 0) is 7.05 Å². The second kappa shape index (κ2) is 4.54. The Morgan fingerprint density at radius 1 is 1.59 bits per heavy atom. The SMILES string of the molecule is Cn1ncc(N)c1C(=O)Nc1cccnc1Br. The number of aromatic nitrogens is 3. The average Bonchev–Trinajstić information content (AvgIpc) is 2.62. The van der Waals surface area contributed by atoms with Gasteiger partial charge in [0.15, 0.2) is 0 Å². The van der Waals surface area contributed by atoms with Crippen molar-refractivity contribution in [2.45, 2.75) is 0 Å². The molecular formula is C10H10BrN5O. The summed E-state index contributed by atoms with van der Waals surface area (Å²) in [4.78, 5) is 16.0. The lowest BCUT2D eigenvalue weighted by atomic mass is 10.3. The van der Waals surface area contributed by atoms with E-state index in [9.17, 15) is 4.79 Å². The van der Waals surface area contributed by atoms with Gasteiger partial charge in [-0.3, -0.25) is 9.48 Å². The number of nitrogens with two attached hydrogens (primary N) is 1. The van der Waals surface area contributed by atoms with E-state index in [1.807, 2.05) is 0 Å². The Labute approximate surface area is 106 Å². The number of carbonyl (C=O) groups is 1. The van der Waals surface area contributed by atoms with Crippen LogP contribution in [0.2, 0.25) is 0 Å². The number of halogens is 1. The number of hydrogen-bond donors (Lipinski definition) is 2. The van der Waals surface area contributed by atoms with Gasteiger partial charge in [-0.2, -0.15) is 5.10 Å². The lowest BCUT2D eigenvalue weighted by Gasteiger charge is -2.07. The van der Waals surface area contributed by atoms with Crippen LogP contribution in [0.4, 0.5) is 11.4 Å². The molecule has 17 heavy (non-hydrogen) atoms. The molecule has 0 aliphatic carbocycles. The Kier molecular flexibility index (Phi) is 3.10. The van der Waals surface area contributed by atoms with Crippen LogP contribution in [-0.4, -0.2) is 20.7 Å². The zero-order chi connectivity index (χ0) is 12.4. The van der Waals surface area contributed by atoms with Gasteiger partial charge in [0.1, 0.15) is 10.3 Å². The van der Waals surface area contributed by atoms with Crippen LogP contribution in [0.5, 0.6) is 0 Å². The maximum Gasteiger partial charge on any atom is 0.276 e. The van der Waals surface area contributed by atoms with E-state index in [4.69, 9.17) is 5.73 Å². The number of pyridine rings is 1. The highest BCUT2D eigenvalue weighted by molar-refractivity contribution is 9.10. The molecule has 0 spiro atoms. The summed E-state index contributed by atoms with van der Waals surface area (Å²) in [6.07, 6.45) is 3.06. The molecule has 2 aromatic heterocycles. The molecule has 0 aliphatic heterocycles. The lowest BCUT2D eigenvalue weighted by Crippen LogP contribution is -2.18. The van der Waals surface area contributed by atoms with Crippen LogP contribution < -0.4 is 11.1 Å². The van der Waals surface area contributed by atoms with Gasteiger partial charge in [-0.15, -0.1) is 0 Å². The summed E-state index contributed by atoms with van der Waals surface area (Å²) in [7, 11) is 1.66. The third-order valence-corrected chi connectivity index (χ3v) is 2.82. The maximum absolute atomic E-state index is 12.0. The van der Waals surface area contributed by atoms with Gasteiger partial charge in [-0.05, 0) is 28.1 Å². The molecule has 0 saturated heterocycles. The lowest BCUT2D eigenvalue weighted by molar-refractivity contribution is 0.101. The van der Waals surface area contributed by atoms with Crippen LogP contribution in [0.15, 0.2) is 29.1 Å². The predicted molar refractivity (Wildman–Crippen MR) is 67.5 cm³/mol. The maximum atomic E-state index is 12.0. The van der Waals surface area contributed by atoms with Crippen LogP contribution in [0.25, 0.3) is 0 Å². The molecule has 2 heterocycles. The van der Waals surface area contributed by atoms with Gasteiger partial charge in [-0.25, -0.2) is 4.98 Å². The first-order chi connectivity index (χ1) is 8.09. The summed E-state index contributed by atoms with van der Waals surface area (Å²) in [5, 5.41) is 6.61. The quantitative estimate of drug-likeness (QED) is 0.820. The topological polar surface area (TPSA) is 85.8 Å². The van der Waals surface area contributed by atoms with Crippen LogP contribution in [0, 0.1) is 0 Å². The van der Waals surface area contributed by atoms with E-state index in [1.165, 1.54) is 10.9 Å². The average molecular weight is 296 g/mol. The molecule has 0 fully saturated rings. The van der Waals surface area contributed by atoms with Gasteiger partial charge in [0, 0.05) is 13.2 Å².